The van der Waals surface area contributed by atoms with Crippen molar-refractivity contribution < 1.29 is 4.39 Å². The fourth-order valence-electron chi connectivity index (χ4n) is 2.53. The molecule has 0 saturated carbocycles. The van der Waals surface area contributed by atoms with Crippen LogP contribution < -0.4 is 5.32 Å². The predicted octanol–water partition coefficient (Wildman–Crippen LogP) is 2.84. The summed E-state index contributed by atoms with van der Waals surface area (Å²) in [7, 11) is 2.16. The minimum Gasteiger partial charge on any atom is -0.385 e. The molecule has 0 radical (unpaired) electrons. The van der Waals surface area contributed by atoms with Gasteiger partial charge in [-0.05, 0) is 63.5 Å². The summed E-state index contributed by atoms with van der Waals surface area (Å²) in [5.41, 5.74) is 1.06. The maximum absolute atomic E-state index is 13.2. The number of nitriles is 1. The van der Waals surface area contributed by atoms with Crippen molar-refractivity contribution in [3.05, 3.63) is 29.6 Å². The van der Waals surface area contributed by atoms with Gasteiger partial charge in [-0.25, -0.2) is 4.39 Å². The van der Waals surface area contributed by atoms with Gasteiger partial charge in [0.05, 0.1) is 11.6 Å². The summed E-state index contributed by atoms with van der Waals surface area (Å²) >= 11 is 0. The molecule has 3 nitrogen and oxygen atoms in total. The first kappa shape index (κ1) is 13.8. The second-order valence-electron chi connectivity index (χ2n) is 5.30. The summed E-state index contributed by atoms with van der Waals surface area (Å²) in [6, 6.07) is 6.35. The van der Waals surface area contributed by atoms with Crippen LogP contribution in [0.25, 0.3) is 0 Å². The molecule has 0 atom stereocenters. The number of hydrogen-bond donors (Lipinski definition) is 1. The number of nitrogens with one attached hydrogen (secondary N) is 1. The van der Waals surface area contributed by atoms with Gasteiger partial charge in [0.15, 0.2) is 0 Å². The number of nitrogens with zero attached hydrogens (tertiary/aromatic N) is 2. The van der Waals surface area contributed by atoms with Crippen molar-refractivity contribution in [2.24, 2.45) is 5.92 Å². The lowest BCUT2D eigenvalue weighted by molar-refractivity contribution is 0.215. The van der Waals surface area contributed by atoms with E-state index in [-0.39, 0.29) is 5.82 Å². The number of piperidine rings is 1. The van der Waals surface area contributed by atoms with Crippen LogP contribution in [-0.4, -0.2) is 31.6 Å². The predicted molar refractivity (Wildman–Crippen MR) is 74.4 cm³/mol. The Morgan fingerprint density at radius 1 is 1.37 bits per heavy atom. The summed E-state index contributed by atoms with van der Waals surface area (Å²) < 4.78 is 13.2. The van der Waals surface area contributed by atoms with Gasteiger partial charge in [0.2, 0.25) is 0 Å². The van der Waals surface area contributed by atoms with Crippen LogP contribution in [0.4, 0.5) is 10.1 Å². The van der Waals surface area contributed by atoms with Gasteiger partial charge in [0.25, 0.3) is 0 Å². The third-order valence-corrected chi connectivity index (χ3v) is 3.75. The number of anilines is 1. The molecule has 0 unspecified atom stereocenters. The molecule has 102 valence electrons. The van der Waals surface area contributed by atoms with Crippen LogP contribution in [0, 0.1) is 23.1 Å². The molecule has 1 fully saturated rings. The Morgan fingerprint density at radius 2 is 2.11 bits per heavy atom. The van der Waals surface area contributed by atoms with Crippen molar-refractivity contribution in [3.8, 4) is 6.07 Å². The molecule has 1 aromatic carbocycles. The van der Waals surface area contributed by atoms with E-state index in [9.17, 15) is 4.39 Å². The van der Waals surface area contributed by atoms with E-state index in [0.717, 1.165) is 18.9 Å². The van der Waals surface area contributed by atoms with Crippen LogP contribution in [0.1, 0.15) is 24.8 Å². The maximum atomic E-state index is 13.2. The largest absolute Gasteiger partial charge is 0.385 e. The average Bonchev–Trinajstić information content (AvgIpc) is 2.40. The van der Waals surface area contributed by atoms with Crippen molar-refractivity contribution in [1.82, 2.24) is 4.90 Å². The molecule has 1 heterocycles. The van der Waals surface area contributed by atoms with Gasteiger partial charge in [-0.2, -0.15) is 5.26 Å². The van der Waals surface area contributed by atoms with E-state index in [1.807, 2.05) is 6.07 Å². The van der Waals surface area contributed by atoms with Gasteiger partial charge in [-0.1, -0.05) is 0 Å². The van der Waals surface area contributed by atoms with Gasteiger partial charge in [-0.3, -0.25) is 0 Å². The van der Waals surface area contributed by atoms with Gasteiger partial charge in [0, 0.05) is 12.2 Å². The number of hydrogen-bond acceptors (Lipinski definition) is 3. The van der Waals surface area contributed by atoms with E-state index >= 15 is 0 Å². The normalized spacial score (nSPS) is 17.1. The first-order chi connectivity index (χ1) is 9.17. The van der Waals surface area contributed by atoms with E-state index < -0.39 is 0 Å². The fraction of sp³-hybridized carbons (Fsp3) is 0.533. The monoisotopic (exact) mass is 261 g/mol. The lowest BCUT2D eigenvalue weighted by Crippen LogP contribution is -2.30. The third-order valence-electron chi connectivity index (χ3n) is 3.75. The summed E-state index contributed by atoms with van der Waals surface area (Å²) in [6.45, 7) is 3.18. The van der Waals surface area contributed by atoms with Crippen LogP contribution in [0.15, 0.2) is 18.2 Å². The Kier molecular flexibility index (Phi) is 4.75. The average molecular weight is 261 g/mol. The van der Waals surface area contributed by atoms with E-state index in [2.05, 4.69) is 17.3 Å². The Balaban J connectivity index is 1.79. The SMILES string of the molecule is CN1CCC(CCNc2cc(F)cc(C#N)c2)CC1. The van der Waals surface area contributed by atoms with Crippen molar-refractivity contribution in [2.45, 2.75) is 19.3 Å². The highest BCUT2D eigenvalue weighted by Gasteiger charge is 2.15. The zero-order valence-corrected chi connectivity index (χ0v) is 11.3. The molecule has 0 spiro atoms. The maximum Gasteiger partial charge on any atom is 0.126 e. The summed E-state index contributed by atoms with van der Waals surface area (Å²) in [5.74, 6) is 0.397. The quantitative estimate of drug-likeness (QED) is 0.906. The Hall–Kier alpha value is -1.60. The highest BCUT2D eigenvalue weighted by Crippen LogP contribution is 2.20. The molecule has 2 rings (SSSR count). The van der Waals surface area contributed by atoms with Crippen LogP contribution in [0.5, 0.6) is 0 Å². The summed E-state index contributed by atoms with van der Waals surface area (Å²) in [6.07, 6.45) is 3.59. The molecule has 0 bridgehead atoms. The minimum absolute atomic E-state index is 0.360. The van der Waals surface area contributed by atoms with Crippen molar-refractivity contribution >= 4 is 5.69 Å². The molecule has 1 aliphatic heterocycles. The molecule has 1 N–H and O–H groups in total. The van der Waals surface area contributed by atoms with Crippen molar-refractivity contribution in [1.29, 1.82) is 5.26 Å². The lowest BCUT2D eigenvalue weighted by Gasteiger charge is -2.29. The molecule has 1 aliphatic rings. The first-order valence-corrected chi connectivity index (χ1v) is 6.80. The van der Waals surface area contributed by atoms with E-state index in [0.29, 0.717) is 11.3 Å². The van der Waals surface area contributed by atoms with Crippen LogP contribution in [0.3, 0.4) is 0 Å². The molecule has 19 heavy (non-hydrogen) atoms. The Bertz CT molecular complexity index is 459. The van der Waals surface area contributed by atoms with E-state index in [4.69, 9.17) is 5.26 Å². The van der Waals surface area contributed by atoms with Gasteiger partial charge >= 0.3 is 0 Å². The Morgan fingerprint density at radius 3 is 2.79 bits per heavy atom. The van der Waals surface area contributed by atoms with Crippen molar-refractivity contribution in [3.63, 3.8) is 0 Å². The molecule has 0 amide bonds. The number of likely N-dealkylation sites (tertiary alicyclic amines) is 1. The van der Waals surface area contributed by atoms with Crippen LogP contribution in [-0.2, 0) is 0 Å². The topological polar surface area (TPSA) is 39.1 Å². The summed E-state index contributed by atoms with van der Waals surface area (Å²) in [5, 5.41) is 12.0. The van der Waals surface area contributed by atoms with Crippen LogP contribution in [0.2, 0.25) is 0 Å². The Labute approximate surface area is 114 Å². The number of benzene rings is 1. The molecule has 0 aliphatic carbocycles. The van der Waals surface area contributed by atoms with Crippen molar-refractivity contribution in [2.75, 3.05) is 32.0 Å². The smallest absolute Gasteiger partial charge is 0.126 e. The zero-order chi connectivity index (χ0) is 13.7. The third kappa shape index (κ3) is 4.22. The van der Waals surface area contributed by atoms with Gasteiger partial charge in [0.1, 0.15) is 5.82 Å². The summed E-state index contributed by atoms with van der Waals surface area (Å²) in [4.78, 5) is 2.36. The number of halogens is 1. The first-order valence-electron chi connectivity index (χ1n) is 6.80. The molecule has 1 saturated heterocycles. The second-order valence-corrected chi connectivity index (χ2v) is 5.30. The van der Waals surface area contributed by atoms with Gasteiger partial charge < -0.3 is 10.2 Å². The molecule has 0 aromatic heterocycles. The molecular weight excluding hydrogens is 241 g/mol. The minimum atomic E-state index is -0.360. The number of rotatable bonds is 4. The standard InChI is InChI=1S/C15H20FN3/c1-19-6-3-12(4-7-19)2-5-18-15-9-13(11-17)8-14(16)10-15/h8-10,12,18H,2-7H2,1H3. The molecule has 1 aromatic rings. The van der Waals surface area contributed by atoms with E-state index in [1.54, 1.807) is 6.07 Å². The van der Waals surface area contributed by atoms with Gasteiger partial charge in [-0.15, -0.1) is 0 Å². The molecular formula is C15H20FN3. The van der Waals surface area contributed by atoms with E-state index in [1.165, 1.54) is 38.1 Å². The molecule has 4 heteroatoms. The highest BCUT2D eigenvalue weighted by atomic mass is 19.1. The fourth-order valence-corrected chi connectivity index (χ4v) is 2.53. The zero-order valence-electron chi connectivity index (χ0n) is 11.3. The highest BCUT2D eigenvalue weighted by molar-refractivity contribution is 5.49. The second kappa shape index (κ2) is 6.53. The lowest BCUT2D eigenvalue weighted by atomic mass is 9.94. The van der Waals surface area contributed by atoms with Crippen LogP contribution >= 0.6 is 0 Å².